The van der Waals surface area contributed by atoms with Gasteiger partial charge in [0, 0.05) is 12.6 Å². The molecule has 0 aliphatic rings. The van der Waals surface area contributed by atoms with E-state index in [0.29, 0.717) is 30.9 Å². The molecule has 28 heavy (non-hydrogen) atoms. The van der Waals surface area contributed by atoms with Crippen LogP contribution in [-0.4, -0.2) is 41.8 Å². The third-order valence-corrected chi connectivity index (χ3v) is 3.72. The minimum atomic E-state index is -0.412. The molecule has 7 nitrogen and oxygen atoms in total. The maximum atomic E-state index is 11.8. The monoisotopic (exact) mass is 385 g/mol. The van der Waals surface area contributed by atoms with Crippen LogP contribution in [0.1, 0.15) is 18.1 Å². The fourth-order valence-electron chi connectivity index (χ4n) is 2.30. The van der Waals surface area contributed by atoms with Gasteiger partial charge in [-0.05, 0) is 54.8 Å². The Kier molecular flexibility index (Phi) is 7.90. The fraction of sp³-hybridized carbons (Fsp3) is 0.238. The molecule has 0 heterocycles. The minimum absolute atomic E-state index is 0.131. The van der Waals surface area contributed by atoms with Gasteiger partial charge in [-0.15, -0.1) is 0 Å². The van der Waals surface area contributed by atoms with Crippen LogP contribution in [0.15, 0.2) is 48.5 Å². The van der Waals surface area contributed by atoms with Crippen LogP contribution in [0.2, 0.25) is 0 Å². The zero-order valence-corrected chi connectivity index (χ0v) is 15.6. The number of hydrogen-bond donors (Lipinski definition) is 3. The van der Waals surface area contributed by atoms with Gasteiger partial charge in [0.05, 0.1) is 6.61 Å². The molecule has 0 atom stereocenters. The second kappa shape index (κ2) is 10.6. The van der Waals surface area contributed by atoms with Crippen molar-refractivity contribution in [2.45, 2.75) is 13.3 Å². The summed E-state index contributed by atoms with van der Waals surface area (Å²) in [5, 5.41) is 21.4. The molecule has 0 unspecified atom stereocenters. The normalized spacial score (nSPS) is 10.6. The van der Waals surface area contributed by atoms with Gasteiger partial charge in [-0.3, -0.25) is 4.79 Å². The molecule has 148 valence electrons. The van der Waals surface area contributed by atoms with Crippen molar-refractivity contribution in [3.05, 3.63) is 59.7 Å². The first kappa shape index (κ1) is 20.8. The highest BCUT2D eigenvalue weighted by atomic mass is 16.6. The van der Waals surface area contributed by atoms with E-state index in [1.165, 1.54) is 18.2 Å². The molecule has 2 aromatic carbocycles. The highest BCUT2D eigenvalue weighted by Crippen LogP contribution is 2.25. The first-order valence-electron chi connectivity index (χ1n) is 8.83. The number of ether oxygens (including phenoxy) is 2. The number of esters is 1. The quantitative estimate of drug-likeness (QED) is 0.348. The van der Waals surface area contributed by atoms with Gasteiger partial charge in [0.15, 0.2) is 18.1 Å². The number of phenolic OH excluding ortho intramolecular Hbond substituents is 2. The van der Waals surface area contributed by atoms with Crippen LogP contribution in [0.4, 0.5) is 0 Å². The van der Waals surface area contributed by atoms with Crippen LogP contribution >= 0.6 is 0 Å². The molecule has 7 heteroatoms. The minimum Gasteiger partial charge on any atom is -0.504 e. The lowest BCUT2D eigenvalue weighted by molar-refractivity contribution is -0.145. The summed E-state index contributed by atoms with van der Waals surface area (Å²) in [6.07, 6.45) is 3.54. The largest absolute Gasteiger partial charge is 0.504 e. The number of rotatable bonds is 9. The van der Waals surface area contributed by atoms with Crippen molar-refractivity contribution in [2.24, 2.45) is 0 Å². The van der Waals surface area contributed by atoms with Crippen molar-refractivity contribution in [1.29, 1.82) is 0 Å². The molecule has 0 fully saturated rings. The zero-order valence-electron chi connectivity index (χ0n) is 15.6. The van der Waals surface area contributed by atoms with Crippen LogP contribution in [0, 0.1) is 0 Å². The molecule has 0 saturated carbocycles. The molecule has 3 N–H and O–H groups in total. The Bertz CT molecular complexity index is 829. The average Bonchev–Trinajstić information content (AvgIpc) is 2.68. The first-order chi connectivity index (χ1) is 13.5. The third-order valence-electron chi connectivity index (χ3n) is 3.72. The molecule has 2 aromatic rings. The van der Waals surface area contributed by atoms with Crippen LogP contribution in [0.25, 0.3) is 6.08 Å². The SMILES string of the molecule is CCOC(=O)COc1ccc(CCNC(=O)/C=C/c2ccc(O)c(O)c2)cc1. The smallest absolute Gasteiger partial charge is 0.344 e. The van der Waals surface area contributed by atoms with Gasteiger partial charge in [0.2, 0.25) is 5.91 Å². The molecule has 0 aromatic heterocycles. The van der Waals surface area contributed by atoms with Crippen molar-refractivity contribution in [3.8, 4) is 17.2 Å². The van der Waals surface area contributed by atoms with E-state index in [1.807, 2.05) is 12.1 Å². The summed E-state index contributed by atoms with van der Waals surface area (Å²) in [6, 6.07) is 11.5. The van der Waals surface area contributed by atoms with Gasteiger partial charge >= 0.3 is 5.97 Å². The number of hydrogen-bond acceptors (Lipinski definition) is 6. The summed E-state index contributed by atoms with van der Waals surface area (Å²) in [7, 11) is 0. The molecule has 0 saturated heterocycles. The molecular formula is C21H23NO6. The summed E-state index contributed by atoms with van der Waals surface area (Å²) < 4.78 is 10.1. The van der Waals surface area contributed by atoms with Crippen LogP contribution in [-0.2, 0) is 20.7 Å². The summed E-state index contributed by atoms with van der Waals surface area (Å²) in [6.45, 7) is 2.38. The number of benzene rings is 2. The maximum Gasteiger partial charge on any atom is 0.344 e. The average molecular weight is 385 g/mol. The van der Waals surface area contributed by atoms with Gasteiger partial charge in [-0.1, -0.05) is 18.2 Å². The molecule has 0 spiro atoms. The van der Waals surface area contributed by atoms with Crippen LogP contribution < -0.4 is 10.1 Å². The second-order valence-electron chi connectivity index (χ2n) is 5.86. The molecular weight excluding hydrogens is 362 g/mol. The van der Waals surface area contributed by atoms with Gasteiger partial charge in [0.25, 0.3) is 0 Å². The van der Waals surface area contributed by atoms with Crippen molar-refractivity contribution in [1.82, 2.24) is 5.32 Å². The standard InChI is InChI=1S/C21H23NO6/c1-2-27-21(26)14-28-17-7-3-15(4-8-17)11-12-22-20(25)10-6-16-5-9-18(23)19(24)13-16/h3-10,13,23-24H,2,11-12,14H2,1H3,(H,22,25)/b10-6+. The Balaban J connectivity index is 1.73. The lowest BCUT2D eigenvalue weighted by Gasteiger charge is -2.07. The predicted molar refractivity (Wildman–Crippen MR) is 104 cm³/mol. The molecule has 0 aliphatic heterocycles. The summed E-state index contributed by atoms with van der Waals surface area (Å²) in [5.74, 6) is -0.552. The Labute approximate surface area is 163 Å². The third kappa shape index (κ3) is 7.03. The Morgan fingerprint density at radius 3 is 2.50 bits per heavy atom. The number of nitrogens with one attached hydrogen (secondary N) is 1. The van der Waals surface area contributed by atoms with E-state index < -0.39 is 5.97 Å². The first-order valence-corrected chi connectivity index (χ1v) is 8.83. The van der Waals surface area contributed by atoms with Gasteiger partial charge in [-0.2, -0.15) is 0 Å². The maximum absolute atomic E-state index is 11.8. The fourth-order valence-corrected chi connectivity index (χ4v) is 2.30. The van der Waals surface area contributed by atoms with E-state index in [9.17, 15) is 19.8 Å². The van der Waals surface area contributed by atoms with E-state index in [1.54, 1.807) is 31.2 Å². The highest BCUT2D eigenvalue weighted by Gasteiger charge is 2.03. The highest BCUT2D eigenvalue weighted by molar-refractivity contribution is 5.91. The van der Waals surface area contributed by atoms with Crippen LogP contribution in [0.5, 0.6) is 17.2 Å². The number of carbonyl (C=O) groups is 2. The van der Waals surface area contributed by atoms with Crippen molar-refractivity contribution in [2.75, 3.05) is 19.8 Å². The molecule has 0 aliphatic carbocycles. The van der Waals surface area contributed by atoms with E-state index in [-0.39, 0.29) is 24.0 Å². The number of aromatic hydroxyl groups is 2. The Hall–Kier alpha value is -3.48. The molecule has 0 radical (unpaired) electrons. The number of carbonyl (C=O) groups excluding carboxylic acids is 2. The Morgan fingerprint density at radius 1 is 1.07 bits per heavy atom. The molecule has 0 bridgehead atoms. The van der Waals surface area contributed by atoms with Gasteiger partial charge in [0.1, 0.15) is 5.75 Å². The van der Waals surface area contributed by atoms with Crippen LogP contribution in [0.3, 0.4) is 0 Å². The summed E-state index contributed by atoms with van der Waals surface area (Å²) in [4.78, 5) is 23.1. The van der Waals surface area contributed by atoms with Gasteiger partial charge < -0.3 is 25.0 Å². The zero-order chi connectivity index (χ0) is 20.4. The van der Waals surface area contributed by atoms with E-state index in [2.05, 4.69) is 5.32 Å². The van der Waals surface area contributed by atoms with Crippen molar-refractivity contribution < 1.29 is 29.3 Å². The van der Waals surface area contributed by atoms with E-state index >= 15 is 0 Å². The Morgan fingerprint density at radius 2 is 1.82 bits per heavy atom. The molecule has 1 amide bonds. The summed E-state index contributed by atoms with van der Waals surface area (Å²) in [5.41, 5.74) is 1.61. The second-order valence-corrected chi connectivity index (χ2v) is 5.86. The van der Waals surface area contributed by atoms with Crippen molar-refractivity contribution in [3.63, 3.8) is 0 Å². The predicted octanol–water partition coefficient (Wildman–Crippen LogP) is 2.41. The number of phenols is 2. The topological polar surface area (TPSA) is 105 Å². The van der Waals surface area contributed by atoms with E-state index in [4.69, 9.17) is 9.47 Å². The van der Waals surface area contributed by atoms with Gasteiger partial charge in [-0.25, -0.2) is 4.79 Å². The lowest BCUT2D eigenvalue weighted by atomic mass is 10.1. The van der Waals surface area contributed by atoms with E-state index in [0.717, 1.165) is 5.56 Å². The van der Waals surface area contributed by atoms with Crippen molar-refractivity contribution >= 4 is 18.0 Å². The lowest BCUT2D eigenvalue weighted by Crippen LogP contribution is -2.23. The molecule has 2 rings (SSSR count). The number of amides is 1. The summed E-state index contributed by atoms with van der Waals surface area (Å²) >= 11 is 0.